The van der Waals surface area contributed by atoms with Crippen LogP contribution in [-0.4, -0.2) is 17.6 Å². The molecule has 1 heterocycles. The molecule has 0 aliphatic rings. The van der Waals surface area contributed by atoms with Gasteiger partial charge in [0.05, 0.1) is 22.2 Å². The number of ether oxygens (including phenoxy) is 1. The molecule has 128 valence electrons. The lowest BCUT2D eigenvalue weighted by molar-refractivity contribution is -0.138. The van der Waals surface area contributed by atoms with E-state index < -0.39 is 23.4 Å². The minimum absolute atomic E-state index is 0.0183. The summed E-state index contributed by atoms with van der Waals surface area (Å²) in [6, 6.07) is 3.48. The minimum Gasteiger partial charge on any atom is -0.461 e. The monoisotopic (exact) mass is 397 g/mol. The summed E-state index contributed by atoms with van der Waals surface area (Å²) in [5.74, 6) is -1.16. The maximum absolute atomic E-state index is 13.3. The molecule has 2 aromatic rings. The molecule has 3 nitrogen and oxygen atoms in total. The zero-order valence-electron chi connectivity index (χ0n) is 12.0. The number of halogens is 6. The molecule has 0 amide bonds. The van der Waals surface area contributed by atoms with Crippen molar-refractivity contribution in [1.29, 1.82) is 0 Å². The number of rotatable bonds is 3. The molecule has 0 saturated heterocycles. The fraction of sp³-hybridized carbons (Fsp3) is 0.200. The summed E-state index contributed by atoms with van der Waals surface area (Å²) < 4.78 is 44.4. The quantitative estimate of drug-likeness (QED) is 0.477. The van der Waals surface area contributed by atoms with Crippen molar-refractivity contribution in [2.45, 2.75) is 13.1 Å². The van der Waals surface area contributed by atoms with Gasteiger partial charge in [-0.2, -0.15) is 13.2 Å². The van der Waals surface area contributed by atoms with Gasteiger partial charge in [-0.05, 0) is 25.1 Å². The third-order valence-corrected chi connectivity index (χ3v) is 3.99. The smallest absolute Gasteiger partial charge is 0.418 e. The summed E-state index contributed by atoms with van der Waals surface area (Å²) >= 11 is 17.8. The summed E-state index contributed by atoms with van der Waals surface area (Å²) in [5.41, 5.74) is -1.87. The zero-order valence-corrected chi connectivity index (χ0v) is 14.3. The first-order chi connectivity index (χ1) is 11.1. The Bertz CT molecular complexity index is 794. The van der Waals surface area contributed by atoms with Gasteiger partial charge in [-0.3, -0.25) is 0 Å². The Morgan fingerprint density at radius 3 is 2.46 bits per heavy atom. The average molecular weight is 399 g/mol. The second-order valence-electron chi connectivity index (χ2n) is 4.59. The van der Waals surface area contributed by atoms with Gasteiger partial charge >= 0.3 is 12.1 Å². The molecule has 0 spiro atoms. The fourth-order valence-corrected chi connectivity index (χ4v) is 2.67. The first-order valence-electron chi connectivity index (χ1n) is 6.54. The highest BCUT2D eigenvalue weighted by atomic mass is 35.5. The Hall–Kier alpha value is -1.50. The van der Waals surface area contributed by atoms with E-state index in [4.69, 9.17) is 34.8 Å². The van der Waals surface area contributed by atoms with E-state index in [0.717, 1.165) is 12.3 Å². The third-order valence-electron chi connectivity index (χ3n) is 2.97. The number of benzene rings is 1. The largest absolute Gasteiger partial charge is 0.461 e. The molecule has 0 bridgehead atoms. The third kappa shape index (κ3) is 3.94. The highest BCUT2D eigenvalue weighted by molar-refractivity contribution is 6.45. The number of pyridine rings is 1. The van der Waals surface area contributed by atoms with Crippen molar-refractivity contribution in [3.05, 3.63) is 50.7 Å². The normalized spacial score (nSPS) is 11.5. The Morgan fingerprint density at radius 1 is 1.21 bits per heavy atom. The number of hydrogen-bond donors (Lipinski definition) is 0. The van der Waals surface area contributed by atoms with E-state index in [1.54, 1.807) is 0 Å². The van der Waals surface area contributed by atoms with Gasteiger partial charge in [0, 0.05) is 22.3 Å². The van der Waals surface area contributed by atoms with E-state index in [9.17, 15) is 18.0 Å². The highest BCUT2D eigenvalue weighted by Crippen LogP contribution is 2.39. The van der Waals surface area contributed by atoms with Crippen molar-refractivity contribution in [1.82, 2.24) is 4.98 Å². The van der Waals surface area contributed by atoms with E-state index in [2.05, 4.69) is 9.72 Å². The van der Waals surface area contributed by atoms with Gasteiger partial charge in [0.1, 0.15) is 0 Å². The first kappa shape index (κ1) is 18.8. The predicted molar refractivity (Wildman–Crippen MR) is 85.7 cm³/mol. The molecular weight excluding hydrogens is 390 g/mol. The summed E-state index contributed by atoms with van der Waals surface area (Å²) in [5, 5.41) is 0.310. The van der Waals surface area contributed by atoms with Crippen LogP contribution in [0.1, 0.15) is 23.0 Å². The molecule has 0 aliphatic carbocycles. The molecule has 0 atom stereocenters. The fourth-order valence-electron chi connectivity index (χ4n) is 1.96. The highest BCUT2D eigenvalue weighted by Gasteiger charge is 2.37. The average Bonchev–Trinajstić information content (AvgIpc) is 2.49. The van der Waals surface area contributed by atoms with Gasteiger partial charge in [0.15, 0.2) is 5.69 Å². The van der Waals surface area contributed by atoms with Crippen molar-refractivity contribution in [3.63, 3.8) is 0 Å². The second-order valence-corrected chi connectivity index (χ2v) is 5.81. The molecule has 24 heavy (non-hydrogen) atoms. The molecule has 1 aromatic heterocycles. The molecule has 0 N–H and O–H groups in total. The maximum Gasteiger partial charge on any atom is 0.418 e. The maximum atomic E-state index is 13.3. The lowest BCUT2D eigenvalue weighted by Gasteiger charge is -2.14. The summed E-state index contributed by atoms with van der Waals surface area (Å²) in [7, 11) is 0. The van der Waals surface area contributed by atoms with Crippen LogP contribution in [0.3, 0.4) is 0 Å². The van der Waals surface area contributed by atoms with Gasteiger partial charge < -0.3 is 4.74 Å². The minimum atomic E-state index is -4.81. The molecular formula is C15H9Cl3F3NO2. The van der Waals surface area contributed by atoms with Crippen molar-refractivity contribution < 1.29 is 22.7 Å². The standard InChI is InChI=1S/C15H9Cl3F3NO2/c1-2-24-14(23)13-10(15(19,20)21)3-7(6-22-13)9-4-8(16)5-11(17)12(9)18/h3-6H,2H2,1H3. The van der Waals surface area contributed by atoms with Crippen LogP contribution < -0.4 is 0 Å². The van der Waals surface area contributed by atoms with Crippen LogP contribution in [0, 0.1) is 0 Å². The van der Waals surface area contributed by atoms with Gasteiger partial charge in [-0.25, -0.2) is 9.78 Å². The predicted octanol–water partition coefficient (Wildman–Crippen LogP) is 5.90. The Morgan fingerprint density at radius 2 is 1.88 bits per heavy atom. The van der Waals surface area contributed by atoms with Crippen LogP contribution in [0.4, 0.5) is 13.2 Å². The molecule has 0 unspecified atom stereocenters. The molecule has 0 radical (unpaired) electrons. The summed E-state index contributed by atoms with van der Waals surface area (Å²) in [6.07, 6.45) is -3.73. The number of alkyl halides is 3. The van der Waals surface area contributed by atoms with E-state index in [-0.39, 0.29) is 32.8 Å². The van der Waals surface area contributed by atoms with Gasteiger partial charge in [-0.15, -0.1) is 0 Å². The van der Waals surface area contributed by atoms with Crippen LogP contribution in [0.2, 0.25) is 15.1 Å². The van der Waals surface area contributed by atoms with Crippen LogP contribution in [-0.2, 0) is 10.9 Å². The molecule has 2 rings (SSSR count). The Kier molecular flexibility index (Phi) is 5.63. The van der Waals surface area contributed by atoms with E-state index in [0.29, 0.717) is 0 Å². The van der Waals surface area contributed by atoms with Gasteiger partial charge in [-0.1, -0.05) is 34.8 Å². The second kappa shape index (κ2) is 7.17. The van der Waals surface area contributed by atoms with E-state index in [1.807, 2.05) is 0 Å². The Labute approximate surface area is 150 Å². The van der Waals surface area contributed by atoms with Crippen LogP contribution >= 0.6 is 34.8 Å². The zero-order chi connectivity index (χ0) is 18.1. The SMILES string of the molecule is CCOC(=O)c1ncc(-c2cc(Cl)cc(Cl)c2Cl)cc1C(F)(F)F. The number of carbonyl (C=O) groups is 1. The van der Waals surface area contributed by atoms with Crippen molar-refractivity contribution in [2.75, 3.05) is 6.61 Å². The number of esters is 1. The number of nitrogens with zero attached hydrogens (tertiary/aromatic N) is 1. The number of hydrogen-bond acceptors (Lipinski definition) is 3. The summed E-state index contributed by atoms with van der Waals surface area (Å²) in [4.78, 5) is 15.3. The number of carbonyl (C=O) groups excluding carboxylic acids is 1. The van der Waals surface area contributed by atoms with E-state index >= 15 is 0 Å². The number of aromatic nitrogens is 1. The molecule has 9 heteroatoms. The molecule has 0 aliphatic heterocycles. The van der Waals surface area contributed by atoms with E-state index in [1.165, 1.54) is 19.1 Å². The lowest BCUT2D eigenvalue weighted by Crippen LogP contribution is -2.17. The summed E-state index contributed by atoms with van der Waals surface area (Å²) in [6.45, 7) is 1.41. The first-order valence-corrected chi connectivity index (χ1v) is 7.67. The van der Waals surface area contributed by atoms with Gasteiger partial charge in [0.25, 0.3) is 0 Å². The van der Waals surface area contributed by atoms with Crippen molar-refractivity contribution in [2.24, 2.45) is 0 Å². The van der Waals surface area contributed by atoms with Crippen molar-refractivity contribution >= 4 is 40.8 Å². The molecule has 0 saturated carbocycles. The van der Waals surface area contributed by atoms with Crippen LogP contribution in [0.15, 0.2) is 24.4 Å². The van der Waals surface area contributed by atoms with Crippen LogP contribution in [0.25, 0.3) is 11.1 Å². The van der Waals surface area contributed by atoms with Crippen molar-refractivity contribution in [3.8, 4) is 11.1 Å². The molecule has 0 fully saturated rings. The Balaban J connectivity index is 2.65. The molecule has 1 aromatic carbocycles. The lowest BCUT2D eigenvalue weighted by atomic mass is 10.0. The topological polar surface area (TPSA) is 39.2 Å². The van der Waals surface area contributed by atoms with Crippen LogP contribution in [0.5, 0.6) is 0 Å². The van der Waals surface area contributed by atoms with Gasteiger partial charge in [0.2, 0.25) is 0 Å².